The van der Waals surface area contributed by atoms with Crippen molar-refractivity contribution in [3.63, 3.8) is 0 Å². The first-order chi connectivity index (χ1) is 12.5. The number of hydrogen-bond donors (Lipinski definition) is 1. The van der Waals surface area contributed by atoms with Gasteiger partial charge in [-0.25, -0.2) is 4.79 Å². The second-order valence-corrected chi connectivity index (χ2v) is 7.22. The molecule has 0 saturated carbocycles. The highest BCUT2D eigenvalue weighted by atomic mass is 16.6. The van der Waals surface area contributed by atoms with E-state index in [1.54, 1.807) is 0 Å². The topological polar surface area (TPSA) is 45.3 Å². The number of rotatable bonds is 4. The summed E-state index contributed by atoms with van der Waals surface area (Å²) in [6, 6.07) is 14.6. The number of hydrogen-bond acceptors (Lipinski definition) is 2. The summed E-state index contributed by atoms with van der Waals surface area (Å²) in [4.78, 5) is 17.6. The van der Waals surface area contributed by atoms with Crippen LogP contribution in [-0.2, 0) is 11.2 Å². The maximum Gasteiger partial charge on any atom is 0.410 e. The average Bonchev–Trinajstić information content (AvgIpc) is 3.20. The zero-order chi connectivity index (χ0) is 18.3. The fraction of sp³-hybridized carbons (Fsp3) is 0.318. The summed E-state index contributed by atoms with van der Waals surface area (Å²) < 4.78 is 5.40. The smallest absolute Gasteiger partial charge is 0.410 e. The molecule has 2 heterocycles. The third-order valence-electron chi connectivity index (χ3n) is 5.54. The summed E-state index contributed by atoms with van der Waals surface area (Å²) in [5.41, 5.74) is 6.07. The summed E-state index contributed by atoms with van der Waals surface area (Å²) in [6.45, 7) is 6.77. The number of aryl methyl sites for hydroxylation is 2. The summed E-state index contributed by atoms with van der Waals surface area (Å²) in [5, 5.41) is 1.24. The Labute approximate surface area is 153 Å². The van der Waals surface area contributed by atoms with Crippen molar-refractivity contribution in [3.05, 3.63) is 70.9 Å². The lowest BCUT2D eigenvalue weighted by Crippen LogP contribution is -2.37. The maximum absolute atomic E-state index is 12.4. The van der Waals surface area contributed by atoms with E-state index in [4.69, 9.17) is 4.74 Å². The Balaban J connectivity index is 1.63. The number of carbonyl (C=O) groups excluding carboxylic acids is 1. The predicted molar refractivity (Wildman–Crippen MR) is 103 cm³/mol. The van der Waals surface area contributed by atoms with Crippen LogP contribution in [-0.4, -0.2) is 28.6 Å². The molecule has 134 valence electrons. The van der Waals surface area contributed by atoms with Gasteiger partial charge in [-0.15, -0.1) is 0 Å². The van der Waals surface area contributed by atoms with Crippen molar-refractivity contribution in [2.24, 2.45) is 0 Å². The molecule has 1 aromatic heterocycles. The first-order valence-corrected chi connectivity index (χ1v) is 9.12. The highest BCUT2D eigenvalue weighted by Crippen LogP contribution is 2.31. The van der Waals surface area contributed by atoms with E-state index in [0.29, 0.717) is 6.61 Å². The number of nitrogens with one attached hydrogen (secondary N) is 1. The predicted octanol–water partition coefficient (Wildman–Crippen LogP) is 4.91. The van der Waals surface area contributed by atoms with Gasteiger partial charge in [-0.05, 0) is 61.6 Å². The zero-order valence-electron chi connectivity index (χ0n) is 15.5. The van der Waals surface area contributed by atoms with Crippen LogP contribution in [0, 0.1) is 13.8 Å². The van der Waals surface area contributed by atoms with E-state index in [0.717, 1.165) is 17.5 Å². The van der Waals surface area contributed by atoms with Gasteiger partial charge in [0.15, 0.2) is 0 Å². The number of carbonyl (C=O) groups is 1. The quantitative estimate of drug-likeness (QED) is 0.728. The lowest BCUT2D eigenvalue weighted by Gasteiger charge is -2.28. The number of cyclic esters (lactones) is 1. The van der Waals surface area contributed by atoms with Crippen LogP contribution in [0.4, 0.5) is 4.79 Å². The van der Waals surface area contributed by atoms with Crippen LogP contribution in [0.3, 0.4) is 0 Å². The van der Waals surface area contributed by atoms with E-state index in [2.05, 4.69) is 56.2 Å². The van der Waals surface area contributed by atoms with Crippen molar-refractivity contribution in [3.8, 4) is 0 Å². The molecule has 4 heteroatoms. The number of aromatic amines is 1. The number of fused-ring (bicyclic) bond motifs is 1. The highest BCUT2D eigenvalue weighted by molar-refractivity contribution is 5.85. The summed E-state index contributed by atoms with van der Waals surface area (Å²) >= 11 is 0. The van der Waals surface area contributed by atoms with Crippen LogP contribution in [0.2, 0.25) is 0 Å². The second-order valence-electron chi connectivity index (χ2n) is 7.22. The van der Waals surface area contributed by atoms with E-state index >= 15 is 0 Å². The van der Waals surface area contributed by atoms with Crippen molar-refractivity contribution in [1.29, 1.82) is 0 Å². The molecular formula is C22H24N2O2. The molecule has 26 heavy (non-hydrogen) atoms. The van der Waals surface area contributed by atoms with Crippen LogP contribution in [0.1, 0.15) is 35.2 Å². The van der Waals surface area contributed by atoms with E-state index in [9.17, 15) is 4.79 Å². The molecule has 0 aliphatic carbocycles. The van der Waals surface area contributed by atoms with Gasteiger partial charge in [-0.1, -0.05) is 30.3 Å². The van der Waals surface area contributed by atoms with Crippen molar-refractivity contribution in [1.82, 2.24) is 9.88 Å². The third kappa shape index (κ3) is 2.85. The van der Waals surface area contributed by atoms with Gasteiger partial charge in [0.05, 0.1) is 12.1 Å². The Bertz CT molecular complexity index is 945. The molecule has 1 N–H and O–H groups in total. The van der Waals surface area contributed by atoms with Gasteiger partial charge in [0.25, 0.3) is 0 Å². The van der Waals surface area contributed by atoms with Crippen LogP contribution in [0.25, 0.3) is 10.9 Å². The lowest BCUT2D eigenvalue weighted by molar-refractivity contribution is 0.147. The minimum atomic E-state index is -0.224. The monoisotopic (exact) mass is 348 g/mol. The van der Waals surface area contributed by atoms with Crippen molar-refractivity contribution < 1.29 is 9.53 Å². The van der Waals surface area contributed by atoms with Crippen molar-refractivity contribution in [2.75, 3.05) is 6.61 Å². The Morgan fingerprint density at radius 3 is 2.69 bits per heavy atom. The molecule has 0 spiro atoms. The summed E-state index contributed by atoms with van der Waals surface area (Å²) in [5.74, 6) is 0. The summed E-state index contributed by atoms with van der Waals surface area (Å²) in [6.07, 6.45) is 2.63. The standard InChI is InChI=1S/C22H24N2O2/c1-14-9-20-18(12-23-21(20)10-15(14)2)11-19-13-26-22(25)24(19)16(3)17-7-5-4-6-8-17/h4-10,12,16,19,23H,11,13H2,1-3H3/t16-,19-/m0/s1. The average molecular weight is 348 g/mol. The molecule has 0 radical (unpaired) electrons. The summed E-state index contributed by atoms with van der Waals surface area (Å²) in [7, 11) is 0. The largest absolute Gasteiger partial charge is 0.447 e. The van der Waals surface area contributed by atoms with E-state index in [1.165, 1.54) is 22.1 Å². The molecule has 1 amide bonds. The highest BCUT2D eigenvalue weighted by Gasteiger charge is 2.37. The van der Waals surface area contributed by atoms with Crippen molar-refractivity contribution in [2.45, 2.75) is 39.3 Å². The first-order valence-electron chi connectivity index (χ1n) is 9.12. The molecule has 0 unspecified atom stereocenters. The van der Waals surface area contributed by atoms with Gasteiger partial charge in [0, 0.05) is 17.1 Å². The number of benzene rings is 2. The second kappa shape index (κ2) is 6.52. The van der Waals surface area contributed by atoms with Crippen LogP contribution in [0.15, 0.2) is 48.7 Å². The third-order valence-corrected chi connectivity index (χ3v) is 5.54. The van der Waals surface area contributed by atoms with Gasteiger partial charge >= 0.3 is 6.09 Å². The minimum absolute atomic E-state index is 0.00890. The van der Waals surface area contributed by atoms with Gasteiger partial charge < -0.3 is 9.72 Å². The number of amides is 1. The Kier molecular flexibility index (Phi) is 4.19. The molecule has 3 aromatic rings. The fourth-order valence-electron chi connectivity index (χ4n) is 3.86. The van der Waals surface area contributed by atoms with E-state index < -0.39 is 0 Å². The van der Waals surface area contributed by atoms with Gasteiger partial charge in [0.1, 0.15) is 6.61 Å². The van der Waals surface area contributed by atoms with E-state index in [1.807, 2.05) is 23.1 Å². The van der Waals surface area contributed by atoms with E-state index in [-0.39, 0.29) is 18.2 Å². The zero-order valence-corrected chi connectivity index (χ0v) is 15.5. The van der Waals surface area contributed by atoms with Gasteiger partial charge in [0.2, 0.25) is 0 Å². The van der Waals surface area contributed by atoms with Gasteiger partial charge in [-0.3, -0.25) is 4.90 Å². The lowest BCUT2D eigenvalue weighted by atomic mass is 9.99. The molecule has 4 rings (SSSR count). The normalized spacial score (nSPS) is 18.3. The molecular weight excluding hydrogens is 324 g/mol. The molecule has 1 fully saturated rings. The number of H-pyrrole nitrogens is 1. The molecule has 1 aliphatic heterocycles. The minimum Gasteiger partial charge on any atom is -0.447 e. The fourth-order valence-corrected chi connectivity index (χ4v) is 3.86. The molecule has 1 saturated heterocycles. The maximum atomic E-state index is 12.4. The Morgan fingerprint density at radius 2 is 1.92 bits per heavy atom. The van der Waals surface area contributed by atoms with Crippen LogP contribution < -0.4 is 0 Å². The van der Waals surface area contributed by atoms with Crippen molar-refractivity contribution >= 4 is 17.0 Å². The van der Waals surface area contributed by atoms with Crippen LogP contribution >= 0.6 is 0 Å². The molecule has 1 aliphatic rings. The van der Waals surface area contributed by atoms with Crippen LogP contribution in [0.5, 0.6) is 0 Å². The molecule has 2 atom stereocenters. The SMILES string of the molecule is Cc1cc2[nH]cc(C[C@H]3COC(=O)N3[C@@H](C)c3ccccc3)c2cc1C. The number of nitrogens with zero attached hydrogens (tertiary/aromatic N) is 1. The molecule has 2 aromatic carbocycles. The molecule has 0 bridgehead atoms. The number of aromatic nitrogens is 1. The van der Waals surface area contributed by atoms with Gasteiger partial charge in [-0.2, -0.15) is 0 Å². The molecule has 4 nitrogen and oxygen atoms in total. The first kappa shape index (κ1) is 16.7. The number of ether oxygens (including phenoxy) is 1. The Morgan fingerprint density at radius 1 is 1.19 bits per heavy atom. The Hall–Kier alpha value is -2.75.